The molecule has 2 aromatic heterocycles. The molecule has 1 atom stereocenters. The summed E-state index contributed by atoms with van der Waals surface area (Å²) in [6, 6.07) is 15.5. The van der Waals surface area contributed by atoms with Crippen molar-refractivity contribution in [1.82, 2.24) is 19.7 Å². The predicted molar refractivity (Wildman–Crippen MR) is 117 cm³/mol. The van der Waals surface area contributed by atoms with Crippen LogP contribution in [0.3, 0.4) is 0 Å². The van der Waals surface area contributed by atoms with E-state index in [1.807, 2.05) is 31.2 Å². The standard InChI is InChI=1S/C23H22N6O2/c1-14-10-19-18(13-31-14)22(25-11-15-6-3-2-4-7-15)28-23(27-19)29-20-9-5-8-16(21(24)30)17(20)12-26-29/h2-9,12,14H,10-11,13H2,1H3,(H2,24,30)(H,25,27,28). The van der Waals surface area contributed by atoms with E-state index in [0.29, 0.717) is 36.5 Å². The quantitative estimate of drug-likeness (QED) is 0.520. The van der Waals surface area contributed by atoms with Crippen LogP contribution in [0, 0.1) is 0 Å². The molecule has 4 aromatic rings. The van der Waals surface area contributed by atoms with Gasteiger partial charge in [0, 0.05) is 23.9 Å². The molecule has 0 spiro atoms. The first-order chi connectivity index (χ1) is 15.1. The molecular formula is C23H22N6O2. The number of anilines is 1. The van der Waals surface area contributed by atoms with E-state index in [1.165, 1.54) is 0 Å². The van der Waals surface area contributed by atoms with Crippen molar-refractivity contribution < 1.29 is 9.53 Å². The number of fused-ring (bicyclic) bond motifs is 2. The number of nitrogens with zero attached hydrogens (tertiary/aromatic N) is 4. The van der Waals surface area contributed by atoms with Gasteiger partial charge in [-0.3, -0.25) is 4.79 Å². The summed E-state index contributed by atoms with van der Waals surface area (Å²) in [6.45, 7) is 3.12. The third-order valence-corrected chi connectivity index (χ3v) is 5.45. The molecule has 156 valence electrons. The van der Waals surface area contributed by atoms with E-state index in [0.717, 1.165) is 28.2 Å². The molecule has 31 heavy (non-hydrogen) atoms. The third-order valence-electron chi connectivity index (χ3n) is 5.45. The number of carbonyl (C=O) groups excluding carboxylic acids is 1. The fourth-order valence-corrected chi connectivity index (χ4v) is 3.84. The van der Waals surface area contributed by atoms with Crippen molar-refractivity contribution >= 4 is 22.6 Å². The number of rotatable bonds is 5. The van der Waals surface area contributed by atoms with Crippen molar-refractivity contribution in [3.8, 4) is 5.95 Å². The van der Waals surface area contributed by atoms with Gasteiger partial charge in [-0.1, -0.05) is 36.4 Å². The Morgan fingerprint density at radius 1 is 1.19 bits per heavy atom. The molecule has 0 radical (unpaired) electrons. The Bertz CT molecular complexity index is 1270. The lowest BCUT2D eigenvalue weighted by molar-refractivity contribution is 0.0398. The Morgan fingerprint density at radius 2 is 2.03 bits per heavy atom. The summed E-state index contributed by atoms with van der Waals surface area (Å²) in [5, 5.41) is 8.57. The Labute approximate surface area is 179 Å². The SMILES string of the molecule is CC1Cc2nc(-n3ncc4c(C(N)=O)cccc43)nc(NCc3ccccc3)c2CO1. The summed E-state index contributed by atoms with van der Waals surface area (Å²) >= 11 is 0. The highest BCUT2D eigenvalue weighted by Crippen LogP contribution is 2.28. The number of nitrogens with one attached hydrogen (secondary N) is 1. The Hall–Kier alpha value is -3.78. The molecule has 5 rings (SSSR count). The van der Waals surface area contributed by atoms with Crippen LogP contribution in [0.4, 0.5) is 5.82 Å². The first-order valence-corrected chi connectivity index (χ1v) is 10.2. The molecule has 0 saturated carbocycles. The molecule has 1 aliphatic rings. The molecule has 1 amide bonds. The molecule has 0 aliphatic carbocycles. The molecule has 3 heterocycles. The van der Waals surface area contributed by atoms with E-state index in [2.05, 4.69) is 22.5 Å². The summed E-state index contributed by atoms with van der Waals surface area (Å²) in [7, 11) is 0. The van der Waals surface area contributed by atoms with Crippen LogP contribution in [0.5, 0.6) is 0 Å². The number of primary amides is 1. The zero-order valence-corrected chi connectivity index (χ0v) is 17.1. The van der Waals surface area contributed by atoms with E-state index >= 15 is 0 Å². The van der Waals surface area contributed by atoms with E-state index in [4.69, 9.17) is 20.4 Å². The maximum Gasteiger partial charge on any atom is 0.253 e. The number of benzene rings is 2. The minimum atomic E-state index is -0.493. The molecule has 0 saturated heterocycles. The van der Waals surface area contributed by atoms with Crippen molar-refractivity contribution in [2.45, 2.75) is 32.6 Å². The minimum absolute atomic E-state index is 0.0769. The van der Waals surface area contributed by atoms with Crippen molar-refractivity contribution in [1.29, 1.82) is 0 Å². The van der Waals surface area contributed by atoms with Crippen LogP contribution < -0.4 is 11.1 Å². The van der Waals surface area contributed by atoms with Gasteiger partial charge in [-0.25, -0.2) is 4.98 Å². The van der Waals surface area contributed by atoms with E-state index in [9.17, 15) is 4.79 Å². The van der Waals surface area contributed by atoms with Gasteiger partial charge in [-0.05, 0) is 24.6 Å². The summed E-state index contributed by atoms with van der Waals surface area (Å²) in [5.41, 5.74) is 9.73. The van der Waals surface area contributed by atoms with E-state index in [-0.39, 0.29) is 6.10 Å². The van der Waals surface area contributed by atoms with Crippen LogP contribution in [-0.4, -0.2) is 31.8 Å². The number of hydrogen-bond acceptors (Lipinski definition) is 6. The number of hydrogen-bond donors (Lipinski definition) is 2. The normalized spacial score (nSPS) is 15.6. The van der Waals surface area contributed by atoms with Crippen LogP contribution in [0.1, 0.15) is 34.1 Å². The molecule has 0 bridgehead atoms. The second-order valence-electron chi connectivity index (χ2n) is 7.62. The summed E-state index contributed by atoms with van der Waals surface area (Å²) in [4.78, 5) is 21.4. The van der Waals surface area contributed by atoms with Gasteiger partial charge in [0.2, 0.25) is 5.91 Å². The monoisotopic (exact) mass is 414 g/mol. The van der Waals surface area contributed by atoms with E-state index < -0.39 is 5.91 Å². The van der Waals surface area contributed by atoms with Gasteiger partial charge < -0.3 is 15.8 Å². The number of nitrogens with two attached hydrogens (primary N) is 1. The maximum atomic E-state index is 11.8. The molecule has 1 aliphatic heterocycles. The van der Waals surface area contributed by atoms with Gasteiger partial charge in [0.25, 0.3) is 5.95 Å². The predicted octanol–water partition coefficient (Wildman–Crippen LogP) is 2.99. The highest BCUT2D eigenvalue weighted by Gasteiger charge is 2.23. The van der Waals surface area contributed by atoms with Crippen molar-refractivity contribution in [2.24, 2.45) is 5.73 Å². The van der Waals surface area contributed by atoms with Gasteiger partial charge in [-0.2, -0.15) is 14.8 Å². The average Bonchev–Trinajstić information content (AvgIpc) is 3.22. The molecule has 2 aromatic carbocycles. The molecule has 1 unspecified atom stereocenters. The lowest BCUT2D eigenvalue weighted by Crippen LogP contribution is -2.24. The molecule has 8 heteroatoms. The summed E-state index contributed by atoms with van der Waals surface area (Å²) in [6.07, 6.45) is 2.39. The Balaban J connectivity index is 1.59. The zero-order valence-electron chi connectivity index (χ0n) is 17.1. The first kappa shape index (κ1) is 19.2. The van der Waals surface area contributed by atoms with Crippen molar-refractivity contribution in [3.05, 3.63) is 77.1 Å². The Kier molecular flexibility index (Phi) is 4.83. The van der Waals surface area contributed by atoms with Gasteiger partial charge in [0.05, 0.1) is 35.7 Å². The van der Waals surface area contributed by atoms with Gasteiger partial charge >= 0.3 is 0 Å². The number of ether oxygens (including phenoxy) is 1. The second kappa shape index (κ2) is 7.81. The lowest BCUT2D eigenvalue weighted by atomic mass is 10.1. The van der Waals surface area contributed by atoms with Crippen LogP contribution in [0.15, 0.2) is 54.7 Å². The number of carbonyl (C=O) groups is 1. The number of aromatic nitrogens is 4. The van der Waals surface area contributed by atoms with Crippen LogP contribution in [0.2, 0.25) is 0 Å². The molecule has 0 fully saturated rings. The first-order valence-electron chi connectivity index (χ1n) is 10.2. The number of amides is 1. The van der Waals surface area contributed by atoms with Crippen LogP contribution in [0.25, 0.3) is 16.9 Å². The largest absolute Gasteiger partial charge is 0.373 e. The van der Waals surface area contributed by atoms with Gasteiger partial charge in [-0.15, -0.1) is 0 Å². The molecular weight excluding hydrogens is 392 g/mol. The zero-order chi connectivity index (χ0) is 21.4. The summed E-state index contributed by atoms with van der Waals surface area (Å²) < 4.78 is 7.49. The van der Waals surface area contributed by atoms with Crippen LogP contribution in [-0.2, 0) is 24.3 Å². The molecule has 8 nitrogen and oxygen atoms in total. The lowest BCUT2D eigenvalue weighted by Gasteiger charge is -2.24. The fourth-order valence-electron chi connectivity index (χ4n) is 3.84. The average molecular weight is 414 g/mol. The Morgan fingerprint density at radius 3 is 2.84 bits per heavy atom. The minimum Gasteiger partial charge on any atom is -0.373 e. The van der Waals surface area contributed by atoms with Crippen LogP contribution >= 0.6 is 0 Å². The summed E-state index contributed by atoms with van der Waals surface area (Å²) in [5.74, 6) is 0.679. The van der Waals surface area contributed by atoms with Crippen molar-refractivity contribution in [3.63, 3.8) is 0 Å². The van der Waals surface area contributed by atoms with Gasteiger partial charge in [0.1, 0.15) is 5.82 Å². The third kappa shape index (κ3) is 3.62. The maximum absolute atomic E-state index is 11.8. The topological polar surface area (TPSA) is 108 Å². The van der Waals surface area contributed by atoms with Gasteiger partial charge in [0.15, 0.2) is 0 Å². The fraction of sp³-hybridized carbons (Fsp3) is 0.217. The molecule has 3 N–H and O–H groups in total. The van der Waals surface area contributed by atoms with Crippen molar-refractivity contribution in [2.75, 3.05) is 5.32 Å². The second-order valence-corrected chi connectivity index (χ2v) is 7.62. The smallest absolute Gasteiger partial charge is 0.253 e. The highest BCUT2D eigenvalue weighted by molar-refractivity contribution is 6.05. The van der Waals surface area contributed by atoms with E-state index in [1.54, 1.807) is 23.0 Å². The highest BCUT2D eigenvalue weighted by atomic mass is 16.5.